The van der Waals surface area contributed by atoms with Crippen LogP contribution in [0.2, 0.25) is 0 Å². The number of aliphatic carboxylic acids is 1. The number of halogens is 3. The third-order valence-corrected chi connectivity index (χ3v) is 3.32. The quantitative estimate of drug-likeness (QED) is 0.817. The van der Waals surface area contributed by atoms with E-state index in [1.165, 1.54) is 4.90 Å². The minimum atomic E-state index is -4.61. The van der Waals surface area contributed by atoms with Crippen LogP contribution in [-0.2, 0) is 4.79 Å². The summed E-state index contributed by atoms with van der Waals surface area (Å²) in [7, 11) is 0. The first-order chi connectivity index (χ1) is 9.23. The van der Waals surface area contributed by atoms with Gasteiger partial charge in [-0.05, 0) is 25.7 Å². The van der Waals surface area contributed by atoms with Crippen LogP contribution in [0.4, 0.5) is 18.0 Å². The average molecular weight is 296 g/mol. The Bertz CT molecular complexity index is 356. The average Bonchev–Trinajstić information content (AvgIpc) is 2.23. The molecule has 0 aliphatic heterocycles. The van der Waals surface area contributed by atoms with E-state index in [4.69, 9.17) is 5.11 Å². The lowest BCUT2D eigenvalue weighted by molar-refractivity contribution is -0.149. The minimum Gasteiger partial charge on any atom is -0.480 e. The lowest BCUT2D eigenvalue weighted by atomic mass is 9.85. The summed E-state index contributed by atoms with van der Waals surface area (Å²) in [5, 5.41) is 8.64. The maximum Gasteiger partial charge on any atom is 0.406 e. The first kappa shape index (κ1) is 16.6. The Balaban J connectivity index is 2.69. The highest BCUT2D eigenvalue weighted by Crippen LogP contribution is 2.27. The number of alkyl halides is 3. The summed E-state index contributed by atoms with van der Waals surface area (Å²) in [6.07, 6.45) is -1.62. The maximum absolute atomic E-state index is 12.4. The third-order valence-electron chi connectivity index (χ3n) is 3.32. The number of rotatable bonds is 6. The number of urea groups is 1. The van der Waals surface area contributed by atoms with Gasteiger partial charge in [-0.15, -0.1) is 0 Å². The van der Waals surface area contributed by atoms with Gasteiger partial charge in [0.25, 0.3) is 0 Å². The Kier molecular flexibility index (Phi) is 5.64. The molecule has 0 spiro atoms. The van der Waals surface area contributed by atoms with Crippen LogP contribution in [0.15, 0.2) is 0 Å². The molecule has 20 heavy (non-hydrogen) atoms. The molecule has 0 bridgehead atoms. The highest BCUT2D eigenvalue weighted by Gasteiger charge is 2.36. The second-order valence-electron chi connectivity index (χ2n) is 4.98. The van der Waals surface area contributed by atoms with Gasteiger partial charge in [-0.2, -0.15) is 13.2 Å². The number of amides is 2. The molecule has 1 rings (SSSR count). The molecule has 0 radical (unpaired) electrons. The molecule has 0 saturated heterocycles. The Morgan fingerprint density at radius 1 is 1.25 bits per heavy atom. The van der Waals surface area contributed by atoms with E-state index >= 15 is 0 Å². The second-order valence-corrected chi connectivity index (χ2v) is 4.98. The molecule has 1 aliphatic rings. The maximum atomic E-state index is 12.4. The van der Waals surface area contributed by atoms with Crippen LogP contribution < -0.4 is 0 Å². The number of carbonyl (C=O) groups is 2. The molecule has 0 atom stereocenters. The van der Waals surface area contributed by atoms with E-state index < -0.39 is 31.3 Å². The largest absolute Gasteiger partial charge is 0.480 e. The zero-order valence-electron chi connectivity index (χ0n) is 11.3. The summed E-state index contributed by atoms with van der Waals surface area (Å²) in [5.74, 6) is -1.14. The van der Waals surface area contributed by atoms with E-state index in [-0.39, 0.29) is 6.54 Å². The van der Waals surface area contributed by atoms with Crippen molar-refractivity contribution in [2.45, 2.75) is 32.4 Å². The highest BCUT2D eigenvalue weighted by molar-refractivity contribution is 5.80. The molecule has 0 aromatic rings. The molecule has 1 N–H and O–H groups in total. The molecule has 2 amide bonds. The Morgan fingerprint density at radius 3 is 2.20 bits per heavy atom. The van der Waals surface area contributed by atoms with E-state index in [1.54, 1.807) is 6.92 Å². The van der Waals surface area contributed by atoms with Crippen LogP contribution in [-0.4, -0.2) is 59.3 Å². The first-order valence-corrected chi connectivity index (χ1v) is 6.55. The van der Waals surface area contributed by atoms with Crippen molar-refractivity contribution in [1.82, 2.24) is 9.80 Å². The van der Waals surface area contributed by atoms with Gasteiger partial charge in [0.05, 0.1) is 0 Å². The number of hydrogen-bond donors (Lipinski definition) is 1. The van der Waals surface area contributed by atoms with Gasteiger partial charge in [0.2, 0.25) is 0 Å². The molecule has 5 nitrogen and oxygen atoms in total. The molecule has 0 aromatic heterocycles. The second kappa shape index (κ2) is 6.81. The van der Waals surface area contributed by atoms with Crippen LogP contribution in [0.5, 0.6) is 0 Å². The standard InChI is InChI=1S/C12H19F3N2O3/c1-2-16(6-9-4-3-5-9)11(20)17(7-10(18)19)8-12(13,14)15/h9H,2-8H2,1H3,(H,18,19). The van der Waals surface area contributed by atoms with Crippen molar-refractivity contribution < 1.29 is 27.9 Å². The van der Waals surface area contributed by atoms with Crippen molar-refractivity contribution in [2.24, 2.45) is 5.92 Å². The summed E-state index contributed by atoms with van der Waals surface area (Å²) in [6.45, 7) is -0.158. The van der Waals surface area contributed by atoms with Crippen LogP contribution in [0.1, 0.15) is 26.2 Å². The summed E-state index contributed by atoms with van der Waals surface area (Å²) >= 11 is 0. The van der Waals surface area contributed by atoms with Crippen molar-refractivity contribution in [3.8, 4) is 0 Å². The van der Waals surface area contributed by atoms with Crippen molar-refractivity contribution >= 4 is 12.0 Å². The number of carbonyl (C=O) groups excluding carboxylic acids is 1. The molecule has 1 saturated carbocycles. The Hall–Kier alpha value is -1.47. The third kappa shape index (κ3) is 5.26. The summed E-state index contributed by atoms with van der Waals surface area (Å²) < 4.78 is 37.3. The Morgan fingerprint density at radius 2 is 1.85 bits per heavy atom. The number of carboxylic acid groups (broad SMARTS) is 1. The van der Waals surface area contributed by atoms with Crippen LogP contribution in [0.25, 0.3) is 0 Å². The molecule has 0 heterocycles. The molecule has 0 aromatic carbocycles. The van der Waals surface area contributed by atoms with Crippen molar-refractivity contribution in [2.75, 3.05) is 26.2 Å². The number of carboxylic acids is 1. The number of hydrogen-bond acceptors (Lipinski definition) is 2. The summed E-state index contributed by atoms with van der Waals surface area (Å²) in [4.78, 5) is 24.3. The fraction of sp³-hybridized carbons (Fsp3) is 0.833. The van der Waals surface area contributed by atoms with Crippen molar-refractivity contribution in [3.63, 3.8) is 0 Å². The normalized spacial score (nSPS) is 15.6. The molecule has 0 unspecified atom stereocenters. The SMILES string of the molecule is CCN(CC1CCC1)C(=O)N(CC(=O)O)CC(F)(F)F. The van der Waals surface area contributed by atoms with Gasteiger partial charge in [0, 0.05) is 13.1 Å². The van der Waals surface area contributed by atoms with Crippen molar-refractivity contribution in [3.05, 3.63) is 0 Å². The van der Waals surface area contributed by atoms with Crippen LogP contribution >= 0.6 is 0 Å². The van der Waals surface area contributed by atoms with E-state index in [2.05, 4.69) is 0 Å². The van der Waals surface area contributed by atoms with Gasteiger partial charge in [-0.3, -0.25) is 4.79 Å². The lowest BCUT2D eigenvalue weighted by Crippen LogP contribution is -2.50. The molecule has 1 fully saturated rings. The summed E-state index contributed by atoms with van der Waals surface area (Å²) in [6, 6.07) is -0.862. The fourth-order valence-electron chi connectivity index (χ4n) is 2.10. The number of nitrogens with zero attached hydrogens (tertiary/aromatic N) is 2. The first-order valence-electron chi connectivity index (χ1n) is 6.55. The van der Waals surface area contributed by atoms with Gasteiger partial charge in [0.15, 0.2) is 0 Å². The predicted octanol–water partition coefficient (Wildman–Crippen LogP) is 2.18. The van der Waals surface area contributed by atoms with Crippen LogP contribution in [0.3, 0.4) is 0 Å². The molecule has 1 aliphatic carbocycles. The van der Waals surface area contributed by atoms with Gasteiger partial charge in [-0.1, -0.05) is 6.42 Å². The molecule has 116 valence electrons. The van der Waals surface area contributed by atoms with Gasteiger partial charge >= 0.3 is 18.2 Å². The van der Waals surface area contributed by atoms with E-state index in [0.717, 1.165) is 19.3 Å². The predicted molar refractivity (Wildman–Crippen MR) is 65.2 cm³/mol. The zero-order valence-corrected chi connectivity index (χ0v) is 11.3. The topological polar surface area (TPSA) is 60.9 Å². The van der Waals surface area contributed by atoms with Crippen LogP contribution in [0, 0.1) is 5.92 Å². The Labute approximate surface area is 115 Å². The van der Waals surface area contributed by atoms with Gasteiger partial charge in [0.1, 0.15) is 13.1 Å². The highest BCUT2D eigenvalue weighted by atomic mass is 19.4. The van der Waals surface area contributed by atoms with E-state index in [9.17, 15) is 22.8 Å². The zero-order chi connectivity index (χ0) is 15.3. The minimum absolute atomic E-state index is 0.267. The fourth-order valence-corrected chi connectivity index (χ4v) is 2.10. The summed E-state index contributed by atoms with van der Waals surface area (Å²) in [5.41, 5.74) is 0. The van der Waals surface area contributed by atoms with Gasteiger partial charge < -0.3 is 14.9 Å². The monoisotopic (exact) mass is 296 g/mol. The molecule has 8 heteroatoms. The van der Waals surface area contributed by atoms with E-state index in [1.807, 2.05) is 0 Å². The smallest absolute Gasteiger partial charge is 0.406 e. The molecular weight excluding hydrogens is 277 g/mol. The van der Waals surface area contributed by atoms with Crippen molar-refractivity contribution in [1.29, 1.82) is 0 Å². The van der Waals surface area contributed by atoms with Gasteiger partial charge in [-0.25, -0.2) is 4.79 Å². The lowest BCUT2D eigenvalue weighted by Gasteiger charge is -2.35. The van der Waals surface area contributed by atoms with E-state index in [0.29, 0.717) is 17.4 Å². The molecular formula is C12H19F3N2O3.